The van der Waals surface area contributed by atoms with Gasteiger partial charge in [-0.05, 0) is 17.7 Å². The molecule has 0 radical (unpaired) electrons. The summed E-state index contributed by atoms with van der Waals surface area (Å²) < 4.78 is 0. The van der Waals surface area contributed by atoms with E-state index in [1.165, 1.54) is 6.21 Å². The first kappa shape index (κ1) is 12.0. The first-order valence-electron chi connectivity index (χ1n) is 5.64. The molecular weight excluding hydrogens is 226 g/mol. The second-order valence-corrected chi connectivity index (χ2v) is 3.84. The molecular formula is C15H13NO2. The van der Waals surface area contributed by atoms with Crippen LogP contribution in [0, 0.1) is 0 Å². The van der Waals surface area contributed by atoms with Crippen LogP contribution in [0.5, 0.6) is 0 Å². The summed E-state index contributed by atoms with van der Waals surface area (Å²) in [6.07, 6.45) is 1.47. The maximum Gasteiger partial charge on any atom is 0.316 e. The van der Waals surface area contributed by atoms with E-state index in [0.29, 0.717) is 0 Å². The average Bonchev–Trinajstić information content (AvgIpc) is 2.41. The predicted molar refractivity (Wildman–Crippen MR) is 71.4 cm³/mol. The Morgan fingerprint density at radius 3 is 2.11 bits per heavy atom. The highest BCUT2D eigenvalue weighted by Crippen LogP contribution is 2.16. The Bertz CT molecular complexity index is 535. The van der Waals surface area contributed by atoms with Crippen LogP contribution < -0.4 is 0 Å². The van der Waals surface area contributed by atoms with Gasteiger partial charge in [0.05, 0.1) is 5.69 Å². The number of carbonyl (C=O) groups is 1. The maximum atomic E-state index is 11.2. The van der Waals surface area contributed by atoms with Gasteiger partial charge in [0.2, 0.25) is 0 Å². The van der Waals surface area contributed by atoms with E-state index < -0.39 is 11.9 Å². The molecule has 18 heavy (non-hydrogen) atoms. The van der Waals surface area contributed by atoms with Gasteiger partial charge in [0.15, 0.2) is 0 Å². The molecule has 0 fully saturated rings. The van der Waals surface area contributed by atoms with E-state index in [0.717, 1.165) is 11.3 Å². The van der Waals surface area contributed by atoms with Crippen LogP contribution in [0.1, 0.15) is 11.5 Å². The minimum atomic E-state index is -0.902. The van der Waals surface area contributed by atoms with Crippen LogP contribution in [0.3, 0.4) is 0 Å². The van der Waals surface area contributed by atoms with Gasteiger partial charge < -0.3 is 5.11 Å². The fraction of sp³-hybridized carbons (Fsp3) is 0.0667. The first-order valence-corrected chi connectivity index (χ1v) is 5.64. The Morgan fingerprint density at radius 2 is 1.56 bits per heavy atom. The molecule has 3 heteroatoms. The van der Waals surface area contributed by atoms with Crippen LogP contribution in [0.4, 0.5) is 5.69 Å². The highest BCUT2D eigenvalue weighted by molar-refractivity contribution is 5.95. The number of nitrogens with zero attached hydrogens (tertiary/aromatic N) is 1. The van der Waals surface area contributed by atoms with Crippen LogP contribution in [0.25, 0.3) is 0 Å². The molecule has 0 heterocycles. The van der Waals surface area contributed by atoms with Crippen molar-refractivity contribution in [2.45, 2.75) is 5.92 Å². The topological polar surface area (TPSA) is 49.7 Å². The van der Waals surface area contributed by atoms with E-state index in [-0.39, 0.29) is 0 Å². The molecule has 0 bridgehead atoms. The Morgan fingerprint density at radius 1 is 1.00 bits per heavy atom. The average molecular weight is 239 g/mol. The summed E-state index contributed by atoms with van der Waals surface area (Å²) in [4.78, 5) is 15.4. The fourth-order valence-electron chi connectivity index (χ4n) is 1.63. The van der Waals surface area contributed by atoms with Gasteiger partial charge in [-0.1, -0.05) is 48.5 Å². The minimum Gasteiger partial charge on any atom is -0.481 e. The van der Waals surface area contributed by atoms with E-state index >= 15 is 0 Å². The Labute approximate surface area is 105 Å². The quantitative estimate of drug-likeness (QED) is 0.832. The van der Waals surface area contributed by atoms with Gasteiger partial charge in [-0.3, -0.25) is 9.79 Å². The van der Waals surface area contributed by atoms with Gasteiger partial charge in [0.25, 0.3) is 0 Å². The monoisotopic (exact) mass is 239 g/mol. The number of carboxylic acids is 1. The van der Waals surface area contributed by atoms with E-state index in [2.05, 4.69) is 4.99 Å². The Hall–Kier alpha value is -2.42. The Balaban J connectivity index is 2.23. The van der Waals surface area contributed by atoms with Gasteiger partial charge in [-0.2, -0.15) is 0 Å². The highest BCUT2D eigenvalue weighted by atomic mass is 16.4. The smallest absolute Gasteiger partial charge is 0.316 e. The van der Waals surface area contributed by atoms with Gasteiger partial charge >= 0.3 is 5.97 Å². The molecule has 0 spiro atoms. The SMILES string of the molecule is O=C(O)C(C=Nc1ccccc1)c1ccccc1. The van der Waals surface area contributed by atoms with Crippen molar-refractivity contribution < 1.29 is 9.90 Å². The third-order valence-electron chi connectivity index (χ3n) is 2.55. The van der Waals surface area contributed by atoms with E-state index in [1.54, 1.807) is 12.1 Å². The molecule has 1 atom stereocenters. The molecule has 0 saturated carbocycles. The van der Waals surface area contributed by atoms with Gasteiger partial charge in [-0.25, -0.2) is 0 Å². The van der Waals surface area contributed by atoms with E-state index in [9.17, 15) is 9.90 Å². The summed E-state index contributed by atoms with van der Waals surface area (Å²) >= 11 is 0. The molecule has 0 amide bonds. The van der Waals surface area contributed by atoms with Crippen LogP contribution in [0.15, 0.2) is 65.7 Å². The van der Waals surface area contributed by atoms with Crippen molar-refractivity contribution in [2.24, 2.45) is 4.99 Å². The van der Waals surface area contributed by atoms with Gasteiger partial charge in [-0.15, -0.1) is 0 Å². The standard InChI is InChI=1S/C15H13NO2/c17-15(18)14(12-7-3-1-4-8-12)11-16-13-9-5-2-6-10-13/h1-11,14H,(H,17,18). The highest BCUT2D eigenvalue weighted by Gasteiger charge is 2.16. The zero-order valence-electron chi connectivity index (χ0n) is 9.73. The molecule has 2 rings (SSSR count). The van der Waals surface area contributed by atoms with Gasteiger partial charge in [0.1, 0.15) is 5.92 Å². The fourth-order valence-corrected chi connectivity index (χ4v) is 1.63. The molecule has 90 valence electrons. The third-order valence-corrected chi connectivity index (χ3v) is 2.55. The number of aliphatic carboxylic acids is 1. The molecule has 1 unspecified atom stereocenters. The van der Waals surface area contributed by atoms with Crippen LogP contribution in [0.2, 0.25) is 0 Å². The van der Waals surface area contributed by atoms with Gasteiger partial charge in [0, 0.05) is 6.21 Å². The predicted octanol–water partition coefficient (Wildman–Crippen LogP) is 3.26. The molecule has 2 aromatic carbocycles. The zero-order chi connectivity index (χ0) is 12.8. The Kier molecular flexibility index (Phi) is 3.86. The van der Waals surface area contributed by atoms with Crippen molar-refractivity contribution in [2.75, 3.05) is 0 Å². The number of rotatable bonds is 4. The summed E-state index contributed by atoms with van der Waals surface area (Å²) in [5, 5.41) is 9.21. The lowest BCUT2D eigenvalue weighted by molar-refractivity contribution is -0.136. The normalized spacial score (nSPS) is 12.4. The van der Waals surface area contributed by atoms with Crippen LogP contribution in [-0.4, -0.2) is 17.3 Å². The van der Waals surface area contributed by atoms with Crippen molar-refractivity contribution in [1.82, 2.24) is 0 Å². The zero-order valence-corrected chi connectivity index (χ0v) is 9.73. The molecule has 3 nitrogen and oxygen atoms in total. The molecule has 0 aliphatic carbocycles. The van der Waals surface area contributed by atoms with Crippen LogP contribution in [-0.2, 0) is 4.79 Å². The van der Waals surface area contributed by atoms with Crippen molar-refractivity contribution in [1.29, 1.82) is 0 Å². The molecule has 0 aliphatic rings. The number of benzene rings is 2. The van der Waals surface area contributed by atoms with Crippen LogP contribution >= 0.6 is 0 Å². The molecule has 0 aromatic heterocycles. The number of hydrogen-bond donors (Lipinski definition) is 1. The largest absolute Gasteiger partial charge is 0.481 e. The summed E-state index contributed by atoms with van der Waals surface area (Å²) in [7, 11) is 0. The third kappa shape index (κ3) is 3.04. The summed E-state index contributed by atoms with van der Waals surface area (Å²) in [5.41, 5.74) is 1.48. The molecule has 0 aliphatic heterocycles. The lowest BCUT2D eigenvalue weighted by Crippen LogP contribution is -2.12. The second-order valence-electron chi connectivity index (χ2n) is 3.84. The van der Waals surface area contributed by atoms with E-state index in [4.69, 9.17) is 0 Å². The number of hydrogen-bond acceptors (Lipinski definition) is 2. The number of aliphatic imine (C=N–C) groups is 1. The van der Waals surface area contributed by atoms with Crippen molar-refractivity contribution in [3.05, 3.63) is 66.2 Å². The molecule has 1 N–H and O–H groups in total. The van der Waals surface area contributed by atoms with Crippen molar-refractivity contribution >= 4 is 17.9 Å². The van der Waals surface area contributed by atoms with Crippen molar-refractivity contribution in [3.63, 3.8) is 0 Å². The van der Waals surface area contributed by atoms with Crippen molar-refractivity contribution in [3.8, 4) is 0 Å². The van der Waals surface area contributed by atoms with E-state index in [1.807, 2.05) is 48.5 Å². The maximum absolute atomic E-state index is 11.2. The number of para-hydroxylation sites is 1. The lowest BCUT2D eigenvalue weighted by atomic mass is 10.0. The number of carboxylic acid groups (broad SMARTS) is 1. The molecule has 0 saturated heterocycles. The summed E-state index contributed by atoms with van der Waals surface area (Å²) in [5.74, 6) is -1.62. The summed E-state index contributed by atoms with van der Waals surface area (Å²) in [6, 6.07) is 18.4. The first-order chi connectivity index (χ1) is 8.77. The minimum absolute atomic E-state index is 0.716. The second kappa shape index (κ2) is 5.77. The summed E-state index contributed by atoms with van der Waals surface area (Å²) in [6.45, 7) is 0. The molecule has 2 aromatic rings. The lowest BCUT2D eigenvalue weighted by Gasteiger charge is -2.06.